The lowest BCUT2D eigenvalue weighted by Crippen LogP contribution is -2.71. The molecule has 0 amide bonds. The van der Waals surface area contributed by atoms with Crippen LogP contribution >= 0.6 is 0 Å². The number of fused-ring (bicyclic) bond motifs is 5. The Morgan fingerprint density at radius 1 is 0.950 bits per heavy atom. The molecule has 11 atom stereocenters. The molecule has 0 spiro atoms. The lowest BCUT2D eigenvalue weighted by atomic mass is 9.36. The Balaban J connectivity index is 1.64. The fraction of sp³-hybridized carbons (Fsp3) is 0.824. The SMILES string of the molecule is CC(=O)O[C@H]1C[C@@]2(C)[C@@H](C[C@@H](O)[C@H]3[C@@]4(C)CC[C@@H](O)[C@](C)(N)[C@@H]4CC[C@@]32C)/C1=C(/C(C)=O)C1CCC(=C(C)C)C1. The Labute approximate surface area is 241 Å². The number of allylic oxidation sites excluding steroid dienone is 3. The number of hydrogen-bond acceptors (Lipinski definition) is 6. The molecule has 4 N–H and O–H groups in total. The fourth-order valence-corrected chi connectivity index (χ4v) is 11.3. The molecule has 0 aromatic carbocycles. The van der Waals surface area contributed by atoms with Crippen molar-refractivity contribution in [3.05, 3.63) is 22.3 Å². The van der Waals surface area contributed by atoms with Gasteiger partial charge in [0.05, 0.1) is 12.2 Å². The smallest absolute Gasteiger partial charge is 0.303 e. The summed E-state index contributed by atoms with van der Waals surface area (Å²) < 4.78 is 6.09. The molecule has 5 saturated carbocycles. The zero-order valence-corrected chi connectivity index (χ0v) is 26.1. The van der Waals surface area contributed by atoms with Crippen molar-refractivity contribution in [3.8, 4) is 0 Å². The monoisotopic (exact) mass is 555 g/mol. The van der Waals surface area contributed by atoms with Gasteiger partial charge in [0.15, 0.2) is 5.78 Å². The molecule has 0 aromatic heterocycles. The molecule has 1 unspecified atom stereocenters. The van der Waals surface area contributed by atoms with Crippen LogP contribution in [-0.4, -0.2) is 45.8 Å². The van der Waals surface area contributed by atoms with Crippen LogP contribution in [0.15, 0.2) is 22.3 Å². The van der Waals surface area contributed by atoms with Gasteiger partial charge in [-0.3, -0.25) is 9.59 Å². The predicted octanol–water partition coefficient (Wildman–Crippen LogP) is 5.64. The molecule has 5 fully saturated rings. The summed E-state index contributed by atoms with van der Waals surface area (Å²) in [6.07, 6.45) is 5.80. The summed E-state index contributed by atoms with van der Waals surface area (Å²) in [7, 11) is 0. The van der Waals surface area contributed by atoms with E-state index in [2.05, 4.69) is 34.6 Å². The minimum absolute atomic E-state index is 0.0113. The van der Waals surface area contributed by atoms with E-state index in [9.17, 15) is 19.8 Å². The van der Waals surface area contributed by atoms with Crippen molar-refractivity contribution in [2.24, 2.45) is 45.7 Å². The second-order valence-corrected chi connectivity index (χ2v) is 15.5. The average Bonchev–Trinajstić information content (AvgIpc) is 3.41. The first-order valence-corrected chi connectivity index (χ1v) is 15.7. The number of aliphatic hydroxyl groups is 2. The van der Waals surface area contributed by atoms with Crippen LogP contribution in [0, 0.1) is 39.9 Å². The maximum Gasteiger partial charge on any atom is 0.303 e. The van der Waals surface area contributed by atoms with Gasteiger partial charge in [0.25, 0.3) is 0 Å². The third-order valence-electron chi connectivity index (χ3n) is 13.2. The van der Waals surface area contributed by atoms with Gasteiger partial charge in [-0.1, -0.05) is 31.9 Å². The molecule has 0 heterocycles. The molecule has 0 aliphatic heterocycles. The van der Waals surface area contributed by atoms with Crippen molar-refractivity contribution < 1.29 is 24.5 Å². The summed E-state index contributed by atoms with van der Waals surface area (Å²) in [5.74, 6) is -0.00711. The van der Waals surface area contributed by atoms with E-state index in [1.165, 1.54) is 18.1 Å². The summed E-state index contributed by atoms with van der Waals surface area (Å²) >= 11 is 0. The van der Waals surface area contributed by atoms with Gasteiger partial charge in [-0.25, -0.2) is 0 Å². The predicted molar refractivity (Wildman–Crippen MR) is 156 cm³/mol. The van der Waals surface area contributed by atoms with Gasteiger partial charge in [0, 0.05) is 18.0 Å². The molecule has 0 bridgehead atoms. The number of carbonyl (C=O) groups is 2. The Morgan fingerprint density at radius 3 is 2.20 bits per heavy atom. The zero-order valence-electron chi connectivity index (χ0n) is 26.1. The molecular formula is C34H53NO5. The highest BCUT2D eigenvalue weighted by atomic mass is 16.5. The minimum atomic E-state index is -0.695. The van der Waals surface area contributed by atoms with E-state index >= 15 is 0 Å². The van der Waals surface area contributed by atoms with Crippen LogP contribution in [0.5, 0.6) is 0 Å². The standard InChI is InChI=1S/C34H53NO5/c1-18(2)21-9-10-22(15-21)28(19(3)36)29-23-16-24(38)30-31(5)13-12-27(39)34(8,35)26(31)11-14-32(30,6)33(23,7)17-25(29)40-20(4)37/h22-27,30,38-39H,9-17,35H2,1-8H3/b29-28+/t22?,23-,24+,25-,26+,27+,30-,31-,32-,33-,34+/m0/s1. The van der Waals surface area contributed by atoms with Gasteiger partial charge in [-0.2, -0.15) is 0 Å². The lowest BCUT2D eigenvalue weighted by Gasteiger charge is -2.70. The van der Waals surface area contributed by atoms with Crippen molar-refractivity contribution in [2.75, 3.05) is 0 Å². The highest BCUT2D eigenvalue weighted by molar-refractivity contribution is 5.95. The third kappa shape index (κ3) is 4.13. The number of ether oxygens (including phenoxy) is 1. The molecule has 6 nitrogen and oxygen atoms in total. The molecule has 5 aliphatic carbocycles. The molecule has 0 saturated heterocycles. The summed E-state index contributed by atoms with van der Waals surface area (Å²) in [6.45, 7) is 16.4. The first-order chi connectivity index (χ1) is 18.5. The number of rotatable bonds is 3. The van der Waals surface area contributed by atoms with Crippen molar-refractivity contribution in [3.63, 3.8) is 0 Å². The van der Waals surface area contributed by atoms with Crippen LogP contribution in [0.4, 0.5) is 0 Å². The van der Waals surface area contributed by atoms with Crippen LogP contribution in [0.1, 0.15) is 113 Å². The third-order valence-corrected chi connectivity index (χ3v) is 13.2. The summed E-state index contributed by atoms with van der Waals surface area (Å²) in [4.78, 5) is 25.9. The zero-order chi connectivity index (χ0) is 29.6. The Kier molecular flexibility index (Phi) is 7.32. The first-order valence-electron chi connectivity index (χ1n) is 15.7. The average molecular weight is 556 g/mol. The molecule has 224 valence electrons. The van der Waals surface area contributed by atoms with E-state index in [-0.39, 0.29) is 51.7 Å². The van der Waals surface area contributed by atoms with Crippen LogP contribution in [-0.2, 0) is 14.3 Å². The van der Waals surface area contributed by atoms with Gasteiger partial charge < -0.3 is 20.7 Å². The van der Waals surface area contributed by atoms with Crippen LogP contribution in [0.2, 0.25) is 0 Å². The molecule has 6 heteroatoms. The van der Waals surface area contributed by atoms with Crippen LogP contribution in [0.25, 0.3) is 0 Å². The highest BCUT2D eigenvalue weighted by Crippen LogP contribution is 2.74. The number of nitrogens with two attached hydrogens (primary N) is 1. The number of Topliss-reactive ketones (excluding diaryl/α,β-unsaturated/α-hetero) is 1. The number of hydrogen-bond donors (Lipinski definition) is 3. The number of aliphatic hydroxyl groups excluding tert-OH is 2. The van der Waals surface area contributed by atoms with Gasteiger partial charge in [0.2, 0.25) is 0 Å². The van der Waals surface area contributed by atoms with E-state index in [1.807, 2.05) is 6.92 Å². The summed E-state index contributed by atoms with van der Waals surface area (Å²) in [5, 5.41) is 23.0. The maximum absolute atomic E-state index is 13.5. The van der Waals surface area contributed by atoms with E-state index in [0.717, 1.165) is 49.7 Å². The molecule has 5 rings (SSSR count). The number of ketones is 1. The molecule has 40 heavy (non-hydrogen) atoms. The van der Waals surface area contributed by atoms with Crippen molar-refractivity contribution in [1.82, 2.24) is 0 Å². The second kappa shape index (κ2) is 9.77. The molecular weight excluding hydrogens is 502 g/mol. The van der Waals surface area contributed by atoms with Gasteiger partial charge in [-0.05, 0) is 131 Å². The van der Waals surface area contributed by atoms with Crippen molar-refractivity contribution in [1.29, 1.82) is 0 Å². The fourth-order valence-electron chi connectivity index (χ4n) is 11.3. The quantitative estimate of drug-likeness (QED) is 0.236. The lowest BCUT2D eigenvalue weighted by molar-refractivity contribution is -0.237. The van der Waals surface area contributed by atoms with E-state index in [4.69, 9.17) is 10.5 Å². The molecule has 0 radical (unpaired) electrons. The Morgan fingerprint density at radius 2 is 1.62 bits per heavy atom. The topological polar surface area (TPSA) is 110 Å². The normalized spacial score (nSPS) is 49.6. The summed E-state index contributed by atoms with van der Waals surface area (Å²) in [6, 6.07) is 0. The minimum Gasteiger partial charge on any atom is -0.458 e. The van der Waals surface area contributed by atoms with Crippen molar-refractivity contribution in [2.45, 2.75) is 137 Å². The van der Waals surface area contributed by atoms with E-state index in [0.29, 0.717) is 19.3 Å². The largest absolute Gasteiger partial charge is 0.458 e. The Bertz CT molecular complexity index is 1150. The van der Waals surface area contributed by atoms with E-state index in [1.54, 1.807) is 6.92 Å². The van der Waals surface area contributed by atoms with E-state index < -0.39 is 23.9 Å². The highest BCUT2D eigenvalue weighted by Gasteiger charge is 2.72. The molecule has 5 aliphatic rings. The first kappa shape index (κ1) is 30.0. The van der Waals surface area contributed by atoms with Crippen LogP contribution in [0.3, 0.4) is 0 Å². The number of carbonyl (C=O) groups excluding carboxylic acids is 2. The van der Waals surface area contributed by atoms with Gasteiger partial charge >= 0.3 is 5.97 Å². The van der Waals surface area contributed by atoms with Gasteiger partial charge in [-0.15, -0.1) is 0 Å². The van der Waals surface area contributed by atoms with Crippen molar-refractivity contribution >= 4 is 11.8 Å². The second-order valence-electron chi connectivity index (χ2n) is 15.5. The maximum atomic E-state index is 13.5. The Hall–Kier alpha value is -1.50. The number of esters is 1. The molecule has 0 aromatic rings. The van der Waals surface area contributed by atoms with Gasteiger partial charge in [0.1, 0.15) is 6.10 Å². The van der Waals surface area contributed by atoms with Crippen LogP contribution < -0.4 is 5.73 Å². The summed E-state index contributed by atoms with van der Waals surface area (Å²) in [5.41, 5.74) is 10.1.